The maximum Gasteiger partial charge on any atom is 0.273 e. The van der Waals surface area contributed by atoms with E-state index in [9.17, 15) is 13.2 Å². The number of aromatic amines is 1. The van der Waals surface area contributed by atoms with E-state index in [-0.39, 0.29) is 28.0 Å². The smallest absolute Gasteiger partial charge is 0.273 e. The van der Waals surface area contributed by atoms with Crippen LogP contribution in [-0.4, -0.2) is 30.6 Å². The van der Waals surface area contributed by atoms with Crippen LogP contribution in [0.3, 0.4) is 0 Å². The van der Waals surface area contributed by atoms with Gasteiger partial charge in [0.2, 0.25) is 10.0 Å². The molecule has 1 fully saturated rings. The molecule has 21 heavy (non-hydrogen) atoms. The number of hydrogen-bond donors (Lipinski definition) is 3. The van der Waals surface area contributed by atoms with E-state index in [1.54, 1.807) is 0 Å². The Bertz CT molecular complexity index is 653. The van der Waals surface area contributed by atoms with E-state index in [1.165, 1.54) is 0 Å². The highest BCUT2D eigenvalue weighted by atomic mass is 32.2. The molecule has 1 saturated carbocycles. The van der Waals surface area contributed by atoms with Gasteiger partial charge >= 0.3 is 0 Å². The van der Waals surface area contributed by atoms with Gasteiger partial charge in [0, 0.05) is 12.0 Å². The Balaban J connectivity index is 2.34. The van der Waals surface area contributed by atoms with Gasteiger partial charge < -0.3 is 5.32 Å². The van der Waals surface area contributed by atoms with Gasteiger partial charge in [-0.25, -0.2) is 13.6 Å². The lowest BCUT2D eigenvalue weighted by molar-refractivity contribution is 0.0901. The number of H-pyrrole nitrogens is 1. The summed E-state index contributed by atoms with van der Waals surface area (Å²) >= 11 is 0. The van der Waals surface area contributed by atoms with Gasteiger partial charge in [0.05, 0.1) is 5.69 Å². The first kappa shape index (κ1) is 16.0. The average molecular weight is 314 g/mol. The highest BCUT2D eigenvalue weighted by Crippen LogP contribution is 2.42. The predicted molar refractivity (Wildman–Crippen MR) is 78.3 cm³/mol. The molecule has 0 radical (unpaired) electrons. The quantitative estimate of drug-likeness (QED) is 0.771. The third-order valence-corrected chi connectivity index (χ3v) is 4.86. The van der Waals surface area contributed by atoms with E-state index in [1.807, 2.05) is 27.7 Å². The lowest BCUT2D eigenvalue weighted by Gasteiger charge is -2.27. The molecule has 1 unspecified atom stereocenters. The van der Waals surface area contributed by atoms with Crippen molar-refractivity contribution in [3.8, 4) is 0 Å². The molecule has 8 heteroatoms. The van der Waals surface area contributed by atoms with Crippen LogP contribution in [0.2, 0.25) is 0 Å². The van der Waals surface area contributed by atoms with Crippen molar-refractivity contribution in [1.82, 2.24) is 15.5 Å². The molecule has 7 nitrogen and oxygen atoms in total. The molecule has 1 atom stereocenters. The first-order chi connectivity index (χ1) is 9.51. The Hall–Kier alpha value is -1.41. The van der Waals surface area contributed by atoms with Crippen LogP contribution >= 0.6 is 0 Å². The highest BCUT2D eigenvalue weighted by molar-refractivity contribution is 7.89. The van der Waals surface area contributed by atoms with Crippen LogP contribution in [0.5, 0.6) is 0 Å². The summed E-state index contributed by atoms with van der Waals surface area (Å²) in [4.78, 5) is 12.1. The van der Waals surface area contributed by atoms with Crippen LogP contribution in [0.4, 0.5) is 0 Å². The van der Waals surface area contributed by atoms with E-state index in [0.717, 1.165) is 12.8 Å². The van der Waals surface area contributed by atoms with Crippen molar-refractivity contribution < 1.29 is 13.2 Å². The van der Waals surface area contributed by atoms with Crippen molar-refractivity contribution in [3.63, 3.8) is 0 Å². The second-order valence-electron chi connectivity index (χ2n) is 6.70. The van der Waals surface area contributed by atoms with Gasteiger partial charge in [0.1, 0.15) is 4.90 Å². The van der Waals surface area contributed by atoms with Gasteiger partial charge in [-0.15, -0.1) is 0 Å². The Morgan fingerprint density at radius 2 is 2.00 bits per heavy atom. The van der Waals surface area contributed by atoms with Crippen LogP contribution < -0.4 is 10.5 Å². The minimum absolute atomic E-state index is 0.104. The van der Waals surface area contributed by atoms with Crippen LogP contribution in [0.25, 0.3) is 0 Å². The predicted octanol–water partition coefficient (Wildman–Crippen LogP) is 1.10. The number of sulfonamides is 1. The summed E-state index contributed by atoms with van der Waals surface area (Å²) in [5, 5.41) is 14.6. The fourth-order valence-corrected chi connectivity index (χ4v) is 2.84. The first-order valence-electron chi connectivity index (χ1n) is 6.93. The molecule has 1 aromatic heterocycles. The van der Waals surface area contributed by atoms with Gasteiger partial charge in [-0.3, -0.25) is 9.89 Å². The van der Waals surface area contributed by atoms with Crippen molar-refractivity contribution >= 4 is 15.9 Å². The summed E-state index contributed by atoms with van der Waals surface area (Å²) in [6.07, 6.45) is 1.76. The molecule has 1 aromatic rings. The number of carbonyl (C=O) groups excluding carboxylic acids is 1. The second-order valence-corrected chi connectivity index (χ2v) is 8.19. The lowest BCUT2D eigenvalue weighted by atomic mass is 9.88. The molecule has 0 spiro atoms. The molecule has 118 valence electrons. The summed E-state index contributed by atoms with van der Waals surface area (Å²) in [5.41, 5.74) is 0.161. The first-order valence-corrected chi connectivity index (χ1v) is 8.48. The molecular formula is C13H22N4O3S. The summed E-state index contributed by atoms with van der Waals surface area (Å²) in [7, 11) is -4.00. The van der Waals surface area contributed by atoms with Crippen LogP contribution in [0.1, 0.15) is 62.6 Å². The van der Waals surface area contributed by atoms with Gasteiger partial charge in [-0.2, -0.15) is 5.10 Å². The topological polar surface area (TPSA) is 118 Å². The standard InChI is InChI=1S/C13H22N4O3S/c1-7(13(2,3)4)15-12(18)10-11(21(14,19)20)9(16-17-10)8-5-6-8/h7-8H,5-6H2,1-4H3,(H,15,18)(H,16,17)(H2,14,19,20). The molecule has 0 aromatic carbocycles. The molecular weight excluding hydrogens is 292 g/mol. The fourth-order valence-electron chi connectivity index (χ4n) is 1.92. The molecule has 2 rings (SSSR count). The van der Waals surface area contributed by atoms with E-state index < -0.39 is 15.9 Å². The number of rotatable bonds is 4. The number of aromatic nitrogens is 2. The van der Waals surface area contributed by atoms with E-state index >= 15 is 0 Å². The molecule has 1 aliphatic rings. The number of nitrogens with one attached hydrogen (secondary N) is 2. The average Bonchev–Trinajstić information content (AvgIpc) is 3.04. The SMILES string of the molecule is CC(NC(=O)c1n[nH]c(C2CC2)c1S(N)(=O)=O)C(C)(C)C. The van der Waals surface area contributed by atoms with Crippen molar-refractivity contribution in [3.05, 3.63) is 11.4 Å². The van der Waals surface area contributed by atoms with Crippen LogP contribution in [0.15, 0.2) is 4.90 Å². The minimum atomic E-state index is -4.00. The molecule has 1 heterocycles. The summed E-state index contributed by atoms with van der Waals surface area (Å²) in [6, 6.07) is -0.139. The zero-order valence-electron chi connectivity index (χ0n) is 12.7. The minimum Gasteiger partial charge on any atom is -0.348 e. The van der Waals surface area contributed by atoms with Crippen molar-refractivity contribution in [2.45, 2.75) is 57.4 Å². The van der Waals surface area contributed by atoms with Crippen LogP contribution in [-0.2, 0) is 10.0 Å². The number of nitrogens with two attached hydrogens (primary N) is 1. The zero-order chi connectivity index (χ0) is 16.0. The fraction of sp³-hybridized carbons (Fsp3) is 0.692. The maximum atomic E-state index is 12.3. The molecule has 0 aliphatic heterocycles. The summed E-state index contributed by atoms with van der Waals surface area (Å²) in [6.45, 7) is 7.82. The van der Waals surface area contributed by atoms with Crippen molar-refractivity contribution in [2.24, 2.45) is 10.6 Å². The van der Waals surface area contributed by atoms with Gasteiger partial charge in [-0.1, -0.05) is 20.8 Å². The third kappa shape index (κ3) is 3.44. The van der Waals surface area contributed by atoms with E-state index in [2.05, 4.69) is 15.5 Å². The monoisotopic (exact) mass is 314 g/mol. The molecule has 1 aliphatic carbocycles. The Kier molecular flexibility index (Phi) is 3.88. The molecule has 0 saturated heterocycles. The van der Waals surface area contributed by atoms with Gasteiger partial charge in [0.25, 0.3) is 5.91 Å². The summed E-state index contributed by atoms with van der Waals surface area (Å²) < 4.78 is 23.6. The molecule has 1 amide bonds. The van der Waals surface area contributed by atoms with Gasteiger partial charge in [-0.05, 0) is 25.2 Å². The maximum absolute atomic E-state index is 12.3. The lowest BCUT2D eigenvalue weighted by Crippen LogP contribution is -2.42. The van der Waals surface area contributed by atoms with E-state index in [0.29, 0.717) is 5.69 Å². The number of primary sulfonamides is 1. The third-order valence-electron chi connectivity index (χ3n) is 3.88. The Morgan fingerprint density at radius 3 is 2.43 bits per heavy atom. The van der Waals surface area contributed by atoms with Crippen molar-refractivity contribution in [1.29, 1.82) is 0 Å². The number of nitrogens with zero attached hydrogens (tertiary/aromatic N) is 1. The van der Waals surface area contributed by atoms with Crippen LogP contribution in [0, 0.1) is 5.41 Å². The second kappa shape index (κ2) is 5.10. The number of amides is 1. The molecule has 4 N–H and O–H groups in total. The number of carbonyl (C=O) groups is 1. The summed E-state index contributed by atoms with van der Waals surface area (Å²) in [5.74, 6) is -0.419. The largest absolute Gasteiger partial charge is 0.348 e. The molecule has 0 bridgehead atoms. The normalized spacial score (nSPS) is 17.6. The highest BCUT2D eigenvalue weighted by Gasteiger charge is 2.36. The Morgan fingerprint density at radius 1 is 1.43 bits per heavy atom. The van der Waals surface area contributed by atoms with Crippen molar-refractivity contribution in [2.75, 3.05) is 0 Å². The number of hydrogen-bond acceptors (Lipinski definition) is 4. The van der Waals surface area contributed by atoms with Gasteiger partial charge in [0.15, 0.2) is 5.69 Å². The Labute approximate surface area is 124 Å². The zero-order valence-corrected chi connectivity index (χ0v) is 13.5. The van der Waals surface area contributed by atoms with E-state index in [4.69, 9.17) is 5.14 Å².